The van der Waals surface area contributed by atoms with Crippen molar-refractivity contribution in [3.05, 3.63) is 58.9 Å². The van der Waals surface area contributed by atoms with E-state index in [2.05, 4.69) is 31.0 Å². The first-order chi connectivity index (χ1) is 11.1. The molecule has 4 heteroatoms. The summed E-state index contributed by atoms with van der Waals surface area (Å²) < 4.78 is 5.27. The molecule has 3 aromatic rings. The number of hydrogen-bond acceptors (Lipinski definition) is 4. The van der Waals surface area contributed by atoms with Gasteiger partial charge in [0.25, 0.3) is 0 Å². The van der Waals surface area contributed by atoms with Crippen molar-refractivity contribution < 1.29 is 4.74 Å². The van der Waals surface area contributed by atoms with Crippen LogP contribution >= 0.6 is 0 Å². The fourth-order valence-corrected chi connectivity index (χ4v) is 2.77. The van der Waals surface area contributed by atoms with Gasteiger partial charge in [0.05, 0.1) is 23.8 Å². The maximum Gasteiger partial charge on any atom is 0.119 e. The molecule has 3 rings (SSSR count). The van der Waals surface area contributed by atoms with Crippen molar-refractivity contribution >= 4 is 16.7 Å². The van der Waals surface area contributed by atoms with Gasteiger partial charge >= 0.3 is 0 Å². The van der Waals surface area contributed by atoms with E-state index in [1.807, 2.05) is 24.4 Å². The summed E-state index contributed by atoms with van der Waals surface area (Å²) in [7, 11) is 1.65. The summed E-state index contributed by atoms with van der Waals surface area (Å²) in [5, 5.41) is 0. The van der Waals surface area contributed by atoms with Gasteiger partial charge in [0, 0.05) is 18.3 Å². The quantitative estimate of drug-likeness (QED) is 0.747. The van der Waals surface area contributed by atoms with E-state index < -0.39 is 0 Å². The Bertz CT molecular complexity index is 859. The molecule has 0 saturated heterocycles. The lowest BCUT2D eigenvalue weighted by molar-refractivity contribution is 0.414. The van der Waals surface area contributed by atoms with Crippen molar-refractivity contribution in [1.82, 2.24) is 9.97 Å². The molecule has 118 valence electrons. The summed E-state index contributed by atoms with van der Waals surface area (Å²) >= 11 is 0. The highest BCUT2D eigenvalue weighted by molar-refractivity contribution is 5.76. The third kappa shape index (κ3) is 3.11. The molecule has 2 aromatic carbocycles. The summed E-state index contributed by atoms with van der Waals surface area (Å²) in [4.78, 5) is 9.31. The van der Waals surface area contributed by atoms with Gasteiger partial charge in [0.2, 0.25) is 0 Å². The normalized spacial score (nSPS) is 10.9. The molecule has 0 aliphatic rings. The Labute approximate surface area is 136 Å². The highest BCUT2D eigenvalue weighted by Gasteiger charge is 2.07. The number of benzene rings is 2. The number of anilines is 1. The lowest BCUT2D eigenvalue weighted by Crippen LogP contribution is -2.00. The van der Waals surface area contributed by atoms with Gasteiger partial charge in [-0.25, -0.2) is 4.98 Å². The molecule has 0 bridgehead atoms. The molecule has 0 radical (unpaired) electrons. The fourth-order valence-electron chi connectivity index (χ4n) is 2.77. The van der Waals surface area contributed by atoms with Crippen LogP contribution in [0.1, 0.15) is 29.3 Å². The molecule has 0 saturated carbocycles. The lowest BCUT2D eigenvalue weighted by Gasteiger charge is -2.09. The third-order valence-electron chi connectivity index (χ3n) is 4.15. The van der Waals surface area contributed by atoms with Gasteiger partial charge in [0.15, 0.2) is 0 Å². The van der Waals surface area contributed by atoms with E-state index in [1.54, 1.807) is 7.11 Å². The molecule has 0 unspecified atom stereocenters. The predicted octanol–water partition coefficient (Wildman–Crippen LogP) is 3.68. The van der Waals surface area contributed by atoms with Crippen molar-refractivity contribution in [2.45, 2.75) is 26.7 Å². The molecular weight excluding hydrogens is 286 g/mol. The van der Waals surface area contributed by atoms with Gasteiger partial charge in [-0.2, -0.15) is 0 Å². The van der Waals surface area contributed by atoms with Crippen molar-refractivity contribution in [3.63, 3.8) is 0 Å². The number of aryl methyl sites for hydroxylation is 2. The van der Waals surface area contributed by atoms with Crippen LogP contribution in [0.4, 0.5) is 5.69 Å². The van der Waals surface area contributed by atoms with Crippen molar-refractivity contribution in [1.29, 1.82) is 0 Å². The molecule has 4 nitrogen and oxygen atoms in total. The van der Waals surface area contributed by atoms with Crippen molar-refractivity contribution in [3.8, 4) is 5.75 Å². The van der Waals surface area contributed by atoms with E-state index in [4.69, 9.17) is 15.5 Å². The molecule has 0 atom stereocenters. The third-order valence-corrected chi connectivity index (χ3v) is 4.15. The van der Waals surface area contributed by atoms with Crippen molar-refractivity contribution in [2.75, 3.05) is 12.8 Å². The van der Waals surface area contributed by atoms with Crippen LogP contribution in [0.5, 0.6) is 5.75 Å². The number of nitrogens with zero attached hydrogens (tertiary/aromatic N) is 2. The molecule has 0 aliphatic heterocycles. The minimum Gasteiger partial charge on any atom is -0.497 e. The van der Waals surface area contributed by atoms with Gasteiger partial charge in [-0.05, 0) is 60.4 Å². The van der Waals surface area contributed by atoms with Crippen LogP contribution < -0.4 is 10.5 Å². The zero-order valence-corrected chi connectivity index (χ0v) is 13.8. The standard InChI is InChI=1S/C19H21N3O/c1-4-13-10-19-18(7-12(13)2)21-11-15(22-19)8-14-9-16(23-3)5-6-17(14)20/h5-7,9-11H,4,8,20H2,1-3H3. The Morgan fingerprint density at radius 3 is 2.65 bits per heavy atom. The second-order valence-corrected chi connectivity index (χ2v) is 5.72. The van der Waals surface area contributed by atoms with Crippen LogP contribution in [0.3, 0.4) is 0 Å². The Morgan fingerprint density at radius 2 is 1.91 bits per heavy atom. The zero-order valence-electron chi connectivity index (χ0n) is 13.8. The maximum absolute atomic E-state index is 6.07. The smallest absolute Gasteiger partial charge is 0.119 e. The molecule has 0 spiro atoms. The Morgan fingerprint density at radius 1 is 1.09 bits per heavy atom. The fraction of sp³-hybridized carbons (Fsp3) is 0.263. The Kier molecular flexibility index (Phi) is 4.15. The number of ether oxygens (including phenoxy) is 1. The van der Waals surface area contributed by atoms with Gasteiger partial charge in [-0.1, -0.05) is 6.92 Å². The van der Waals surface area contributed by atoms with Gasteiger partial charge in [-0.15, -0.1) is 0 Å². The van der Waals surface area contributed by atoms with Gasteiger partial charge < -0.3 is 10.5 Å². The highest BCUT2D eigenvalue weighted by Crippen LogP contribution is 2.23. The Balaban J connectivity index is 1.99. The number of nitrogens with two attached hydrogens (primary N) is 1. The zero-order chi connectivity index (χ0) is 16.4. The van der Waals surface area contributed by atoms with Crippen LogP contribution in [-0.2, 0) is 12.8 Å². The van der Waals surface area contributed by atoms with Crippen molar-refractivity contribution in [2.24, 2.45) is 0 Å². The SMILES string of the molecule is CCc1cc2nc(Cc3cc(OC)ccc3N)cnc2cc1C. The topological polar surface area (TPSA) is 61.0 Å². The van der Waals surface area contributed by atoms with Crippen LogP contribution in [0, 0.1) is 6.92 Å². The first-order valence-electron chi connectivity index (χ1n) is 7.78. The molecule has 23 heavy (non-hydrogen) atoms. The van der Waals surface area contributed by atoms with Gasteiger partial charge in [0.1, 0.15) is 5.75 Å². The van der Waals surface area contributed by atoms with Crippen LogP contribution in [-0.4, -0.2) is 17.1 Å². The average Bonchev–Trinajstić information content (AvgIpc) is 2.56. The van der Waals surface area contributed by atoms with E-state index in [-0.39, 0.29) is 0 Å². The van der Waals surface area contributed by atoms with E-state index in [0.29, 0.717) is 6.42 Å². The molecule has 1 heterocycles. The highest BCUT2D eigenvalue weighted by atomic mass is 16.5. The molecule has 0 amide bonds. The summed E-state index contributed by atoms with van der Waals surface area (Å²) in [6.45, 7) is 4.27. The van der Waals surface area contributed by atoms with Crippen LogP contribution in [0.15, 0.2) is 36.5 Å². The van der Waals surface area contributed by atoms with E-state index >= 15 is 0 Å². The first-order valence-corrected chi connectivity index (χ1v) is 7.78. The first kappa shape index (κ1) is 15.3. The molecule has 1 aromatic heterocycles. The second kappa shape index (κ2) is 6.24. The molecular formula is C19H21N3O. The predicted molar refractivity (Wildman–Crippen MR) is 93.9 cm³/mol. The minimum atomic E-state index is 0.640. The maximum atomic E-state index is 6.07. The van der Waals surface area contributed by atoms with Crippen LogP contribution in [0.25, 0.3) is 11.0 Å². The lowest BCUT2D eigenvalue weighted by atomic mass is 10.0. The largest absolute Gasteiger partial charge is 0.497 e. The minimum absolute atomic E-state index is 0.640. The summed E-state index contributed by atoms with van der Waals surface area (Å²) in [5.41, 5.74) is 13.2. The number of hydrogen-bond donors (Lipinski definition) is 1. The number of aromatic nitrogens is 2. The second-order valence-electron chi connectivity index (χ2n) is 5.72. The average molecular weight is 307 g/mol. The summed E-state index contributed by atoms with van der Waals surface area (Å²) in [6, 6.07) is 9.91. The number of rotatable bonds is 4. The molecule has 2 N–H and O–H groups in total. The monoisotopic (exact) mass is 307 g/mol. The van der Waals surface area contributed by atoms with Gasteiger partial charge in [-0.3, -0.25) is 4.98 Å². The summed E-state index contributed by atoms with van der Waals surface area (Å²) in [5.74, 6) is 0.798. The number of nitrogen functional groups attached to an aromatic ring is 1. The Hall–Kier alpha value is -2.62. The van der Waals surface area contributed by atoms with Crippen LogP contribution in [0.2, 0.25) is 0 Å². The van der Waals surface area contributed by atoms with E-state index in [0.717, 1.165) is 40.1 Å². The molecule has 0 fully saturated rings. The summed E-state index contributed by atoms with van der Waals surface area (Å²) in [6.07, 6.45) is 3.46. The van der Waals surface area contributed by atoms with E-state index in [1.165, 1.54) is 11.1 Å². The van der Waals surface area contributed by atoms with E-state index in [9.17, 15) is 0 Å². The number of fused-ring (bicyclic) bond motifs is 1. The number of methoxy groups -OCH3 is 1. The molecule has 0 aliphatic carbocycles.